The number of carbonyl (C=O) groups is 2. The standard InChI is InChI=1S/C24H26O4S2/c25-17-19-11-7-9-13-21(19)27-23(29)15-5-3-1-2-4-6-16-24(30)28-22-14-10-8-12-20(22)18-26/h7-14,17-18H,1-6,15-16H2. The van der Waals surface area contributed by atoms with Gasteiger partial charge in [0.2, 0.25) is 0 Å². The molecule has 0 aliphatic heterocycles. The van der Waals surface area contributed by atoms with E-state index in [4.69, 9.17) is 33.9 Å². The topological polar surface area (TPSA) is 52.6 Å². The molecule has 2 aromatic rings. The van der Waals surface area contributed by atoms with Gasteiger partial charge in [0, 0.05) is 12.8 Å². The van der Waals surface area contributed by atoms with Gasteiger partial charge in [0.15, 0.2) is 22.7 Å². The van der Waals surface area contributed by atoms with Crippen LogP contribution in [0.15, 0.2) is 48.5 Å². The summed E-state index contributed by atoms with van der Waals surface area (Å²) >= 11 is 10.6. The second-order valence-electron chi connectivity index (χ2n) is 6.88. The first-order valence-corrected chi connectivity index (χ1v) is 11.0. The highest BCUT2D eigenvalue weighted by molar-refractivity contribution is 7.80. The average molecular weight is 443 g/mol. The van der Waals surface area contributed by atoms with E-state index in [-0.39, 0.29) is 0 Å². The number of unbranched alkanes of at least 4 members (excludes halogenated alkanes) is 5. The van der Waals surface area contributed by atoms with Gasteiger partial charge in [-0.1, -0.05) is 49.9 Å². The van der Waals surface area contributed by atoms with Gasteiger partial charge in [-0.2, -0.15) is 0 Å². The Morgan fingerprint density at radius 3 is 1.40 bits per heavy atom. The first-order chi connectivity index (χ1) is 14.6. The first-order valence-electron chi connectivity index (χ1n) is 10.1. The predicted octanol–water partition coefficient (Wildman–Crippen LogP) is 6.55. The summed E-state index contributed by atoms with van der Waals surface area (Å²) in [4.78, 5) is 22.0. The SMILES string of the molecule is O=Cc1ccccc1OC(=S)CCCCCCCCC(=S)Oc1ccccc1C=O. The molecule has 0 saturated heterocycles. The molecule has 0 saturated carbocycles. The monoisotopic (exact) mass is 442 g/mol. The molecule has 2 aromatic carbocycles. The summed E-state index contributed by atoms with van der Waals surface area (Å²) in [5, 5.41) is 1.03. The van der Waals surface area contributed by atoms with Gasteiger partial charge >= 0.3 is 0 Å². The van der Waals surface area contributed by atoms with Crippen molar-refractivity contribution in [3.63, 3.8) is 0 Å². The number of para-hydroxylation sites is 2. The molecule has 0 fully saturated rings. The fourth-order valence-electron chi connectivity index (χ4n) is 2.93. The Kier molecular flexibility index (Phi) is 10.9. The maximum absolute atomic E-state index is 11.0. The van der Waals surface area contributed by atoms with Crippen molar-refractivity contribution in [2.75, 3.05) is 0 Å². The van der Waals surface area contributed by atoms with E-state index in [1.807, 2.05) is 12.1 Å². The zero-order valence-corrected chi connectivity index (χ0v) is 18.5. The van der Waals surface area contributed by atoms with Gasteiger partial charge in [-0.3, -0.25) is 9.59 Å². The molecule has 0 amide bonds. The van der Waals surface area contributed by atoms with E-state index in [0.29, 0.717) is 45.6 Å². The van der Waals surface area contributed by atoms with E-state index in [1.165, 1.54) is 0 Å². The number of ether oxygens (including phenoxy) is 2. The molecular weight excluding hydrogens is 416 g/mol. The third-order valence-electron chi connectivity index (χ3n) is 4.55. The molecule has 158 valence electrons. The molecule has 4 nitrogen and oxygen atoms in total. The number of benzene rings is 2. The lowest BCUT2D eigenvalue weighted by atomic mass is 10.1. The van der Waals surface area contributed by atoms with Crippen LogP contribution in [0.25, 0.3) is 0 Å². The Hall–Kier alpha value is -2.44. The number of hydrogen-bond acceptors (Lipinski definition) is 6. The van der Waals surface area contributed by atoms with E-state index in [1.54, 1.807) is 36.4 Å². The minimum Gasteiger partial charge on any atom is -0.450 e. The van der Waals surface area contributed by atoms with Crippen molar-refractivity contribution in [2.45, 2.75) is 51.4 Å². The summed E-state index contributed by atoms with van der Waals surface area (Å²) in [6.07, 6.45) is 9.28. The summed E-state index contributed by atoms with van der Waals surface area (Å²) in [6.45, 7) is 0. The van der Waals surface area contributed by atoms with Gasteiger partial charge in [0.1, 0.15) is 11.5 Å². The number of thiocarbonyl (C=S) groups is 2. The lowest BCUT2D eigenvalue weighted by Crippen LogP contribution is -2.07. The molecule has 2 rings (SSSR count). The third-order valence-corrected chi connectivity index (χ3v) is 5.13. The molecule has 0 heterocycles. The zero-order chi connectivity index (χ0) is 21.6. The van der Waals surface area contributed by atoms with Crippen LogP contribution in [0.1, 0.15) is 72.1 Å². The fraction of sp³-hybridized carbons (Fsp3) is 0.333. The Morgan fingerprint density at radius 1 is 0.633 bits per heavy atom. The molecule has 6 heteroatoms. The highest BCUT2D eigenvalue weighted by atomic mass is 32.1. The number of hydrogen-bond donors (Lipinski definition) is 0. The van der Waals surface area contributed by atoms with Gasteiger partial charge < -0.3 is 9.47 Å². The normalized spacial score (nSPS) is 10.3. The lowest BCUT2D eigenvalue weighted by molar-refractivity contribution is 0.111. The minimum atomic E-state index is 0.511. The van der Waals surface area contributed by atoms with E-state index >= 15 is 0 Å². The van der Waals surface area contributed by atoms with E-state index in [2.05, 4.69) is 0 Å². The fourth-order valence-corrected chi connectivity index (χ4v) is 3.40. The minimum absolute atomic E-state index is 0.511. The van der Waals surface area contributed by atoms with Crippen LogP contribution in [0.2, 0.25) is 0 Å². The summed E-state index contributed by atoms with van der Waals surface area (Å²) in [5.74, 6) is 1.04. The Balaban J connectivity index is 1.52. The molecule has 0 unspecified atom stereocenters. The average Bonchev–Trinajstić information content (AvgIpc) is 2.76. The second-order valence-corrected chi connectivity index (χ2v) is 7.79. The van der Waals surface area contributed by atoms with Crippen LogP contribution in [0.5, 0.6) is 11.5 Å². The smallest absolute Gasteiger partial charge is 0.167 e. The van der Waals surface area contributed by atoms with Crippen molar-refractivity contribution >= 4 is 47.1 Å². The van der Waals surface area contributed by atoms with Crippen molar-refractivity contribution in [1.29, 1.82) is 0 Å². The van der Waals surface area contributed by atoms with Crippen molar-refractivity contribution < 1.29 is 19.1 Å². The molecule has 0 bridgehead atoms. The molecule has 0 atom stereocenters. The predicted molar refractivity (Wildman–Crippen MR) is 127 cm³/mol. The quantitative estimate of drug-likeness (QED) is 0.199. The lowest BCUT2D eigenvalue weighted by Gasteiger charge is -2.09. The molecular formula is C24H26O4S2. The van der Waals surface area contributed by atoms with Gasteiger partial charge in [-0.05, 0) is 61.5 Å². The van der Waals surface area contributed by atoms with E-state index in [9.17, 15) is 9.59 Å². The Bertz CT molecular complexity index is 792. The van der Waals surface area contributed by atoms with E-state index < -0.39 is 0 Å². The maximum Gasteiger partial charge on any atom is 0.167 e. The van der Waals surface area contributed by atoms with E-state index in [0.717, 1.165) is 51.1 Å². The van der Waals surface area contributed by atoms with Gasteiger partial charge in [-0.25, -0.2) is 0 Å². The summed E-state index contributed by atoms with van der Waals surface area (Å²) in [7, 11) is 0. The molecule has 30 heavy (non-hydrogen) atoms. The van der Waals surface area contributed by atoms with Crippen LogP contribution >= 0.6 is 24.4 Å². The van der Waals surface area contributed by atoms with Crippen molar-refractivity contribution in [3.8, 4) is 11.5 Å². The van der Waals surface area contributed by atoms with Crippen LogP contribution in [-0.4, -0.2) is 22.7 Å². The van der Waals surface area contributed by atoms with Gasteiger partial charge in [0.05, 0.1) is 11.1 Å². The van der Waals surface area contributed by atoms with Crippen LogP contribution in [-0.2, 0) is 0 Å². The van der Waals surface area contributed by atoms with Crippen molar-refractivity contribution in [1.82, 2.24) is 0 Å². The summed E-state index contributed by atoms with van der Waals surface area (Å²) in [5.41, 5.74) is 1.02. The molecule has 0 spiro atoms. The number of aldehydes is 2. The molecule has 0 N–H and O–H groups in total. The van der Waals surface area contributed by atoms with Crippen LogP contribution in [0, 0.1) is 0 Å². The highest BCUT2D eigenvalue weighted by Gasteiger charge is 2.07. The van der Waals surface area contributed by atoms with Crippen LogP contribution < -0.4 is 9.47 Å². The second kappa shape index (κ2) is 13.7. The van der Waals surface area contributed by atoms with Crippen molar-refractivity contribution in [3.05, 3.63) is 59.7 Å². The number of rotatable bonds is 13. The summed E-state index contributed by atoms with van der Waals surface area (Å²) < 4.78 is 11.2. The van der Waals surface area contributed by atoms with Crippen LogP contribution in [0.4, 0.5) is 0 Å². The Morgan fingerprint density at radius 2 is 1.00 bits per heavy atom. The highest BCUT2D eigenvalue weighted by Crippen LogP contribution is 2.19. The Labute approximate surface area is 188 Å². The van der Waals surface area contributed by atoms with Crippen LogP contribution in [0.3, 0.4) is 0 Å². The molecule has 0 radical (unpaired) electrons. The maximum atomic E-state index is 11.0. The summed E-state index contributed by atoms with van der Waals surface area (Å²) in [6, 6.07) is 14.2. The largest absolute Gasteiger partial charge is 0.450 e. The van der Waals surface area contributed by atoms with Gasteiger partial charge in [-0.15, -0.1) is 0 Å². The van der Waals surface area contributed by atoms with Gasteiger partial charge in [0.25, 0.3) is 0 Å². The molecule has 0 aliphatic rings. The first kappa shape index (κ1) is 23.8. The van der Waals surface area contributed by atoms with Crippen molar-refractivity contribution in [2.24, 2.45) is 0 Å². The molecule has 0 aromatic heterocycles. The molecule has 0 aliphatic carbocycles. The number of carbonyl (C=O) groups excluding carboxylic acids is 2. The third kappa shape index (κ3) is 8.51. The zero-order valence-electron chi connectivity index (χ0n) is 16.9.